The Labute approximate surface area is 53.0 Å². The molecule has 0 saturated carbocycles. The molecule has 0 saturated heterocycles. The van der Waals surface area contributed by atoms with E-state index in [4.69, 9.17) is 5.11 Å². The Morgan fingerprint density at radius 2 is 2.44 bits per heavy atom. The fourth-order valence-electron chi connectivity index (χ4n) is 0.383. The quantitative estimate of drug-likeness (QED) is 0.589. The molecule has 0 aromatic rings. The summed E-state index contributed by atoms with van der Waals surface area (Å²) in [5.74, 6) is -1.47. The fourth-order valence-corrected chi connectivity index (χ4v) is 0.383. The topological polar surface area (TPSA) is 37.3 Å². The highest BCUT2D eigenvalue weighted by atomic mass is 19.1. The van der Waals surface area contributed by atoms with Gasteiger partial charge in [0.1, 0.15) is 0 Å². The molecular weight excluding hydrogens is 123 g/mol. The minimum Gasteiger partial charge on any atom is -0.479 e. The highest BCUT2D eigenvalue weighted by molar-refractivity contribution is 5.79. The molecule has 2 nitrogen and oxygen atoms in total. The van der Waals surface area contributed by atoms with Crippen LogP contribution in [0.3, 0.4) is 0 Å². The van der Waals surface area contributed by atoms with Gasteiger partial charge in [0.25, 0.3) is 0 Å². The van der Waals surface area contributed by atoms with Gasteiger partial charge in [-0.3, -0.25) is 0 Å². The number of hydrogen-bond acceptors (Lipinski definition) is 1. The van der Waals surface area contributed by atoms with Crippen molar-refractivity contribution in [1.29, 1.82) is 0 Å². The molecule has 3 heteroatoms. The van der Waals surface area contributed by atoms with Gasteiger partial charge in [0.15, 0.2) is 0 Å². The van der Waals surface area contributed by atoms with Gasteiger partial charge < -0.3 is 5.11 Å². The van der Waals surface area contributed by atoms with E-state index in [9.17, 15) is 9.18 Å². The average molecular weight is 132 g/mol. The lowest BCUT2D eigenvalue weighted by Gasteiger charge is -2.11. The van der Waals surface area contributed by atoms with Crippen molar-refractivity contribution in [3.63, 3.8) is 0 Å². The summed E-state index contributed by atoms with van der Waals surface area (Å²) in [6.45, 7) is 4.52. The summed E-state index contributed by atoms with van der Waals surface area (Å²) in [5.41, 5.74) is -2.24. The third-order valence-corrected chi connectivity index (χ3v) is 1.19. The van der Waals surface area contributed by atoms with Crippen molar-refractivity contribution in [2.75, 3.05) is 0 Å². The average Bonchev–Trinajstić information content (AvgIpc) is 1.86. The van der Waals surface area contributed by atoms with Crippen molar-refractivity contribution in [3.8, 4) is 0 Å². The predicted octanol–water partition coefficient (Wildman–Crippen LogP) is 1.38. The summed E-state index contributed by atoms with van der Waals surface area (Å²) in [7, 11) is 0. The first-order valence-corrected chi connectivity index (χ1v) is 2.62. The summed E-state index contributed by atoms with van der Waals surface area (Å²) in [6.07, 6.45) is 0.723. The van der Waals surface area contributed by atoms with Gasteiger partial charge in [0.2, 0.25) is 5.67 Å². The number of carboxylic acid groups (broad SMARTS) is 1. The van der Waals surface area contributed by atoms with E-state index in [0.717, 1.165) is 6.08 Å². The smallest absolute Gasteiger partial charge is 0.345 e. The summed E-state index contributed by atoms with van der Waals surface area (Å²) < 4.78 is 12.7. The van der Waals surface area contributed by atoms with Crippen molar-refractivity contribution in [1.82, 2.24) is 0 Å². The second kappa shape index (κ2) is 2.62. The van der Waals surface area contributed by atoms with E-state index in [0.29, 0.717) is 0 Å². The van der Waals surface area contributed by atoms with E-state index in [-0.39, 0.29) is 6.42 Å². The highest BCUT2D eigenvalue weighted by Crippen LogP contribution is 2.16. The number of halogens is 1. The van der Waals surface area contributed by atoms with E-state index < -0.39 is 11.6 Å². The van der Waals surface area contributed by atoms with E-state index in [1.54, 1.807) is 0 Å². The summed E-state index contributed by atoms with van der Waals surface area (Å²) in [5, 5.41) is 8.19. The minimum absolute atomic E-state index is 0.0775. The minimum atomic E-state index is -2.24. The first kappa shape index (κ1) is 8.14. The fraction of sp³-hybridized carbons (Fsp3) is 0.500. The van der Waals surface area contributed by atoms with Gasteiger partial charge in [-0.15, -0.1) is 0 Å². The largest absolute Gasteiger partial charge is 0.479 e. The monoisotopic (exact) mass is 132 g/mol. The Morgan fingerprint density at radius 3 is 2.44 bits per heavy atom. The summed E-state index contributed by atoms with van der Waals surface area (Å²) >= 11 is 0. The van der Waals surface area contributed by atoms with Crippen molar-refractivity contribution in [2.24, 2.45) is 0 Å². The van der Waals surface area contributed by atoms with Crippen LogP contribution in [0.5, 0.6) is 0 Å². The normalized spacial score (nSPS) is 16.2. The van der Waals surface area contributed by atoms with Crippen molar-refractivity contribution >= 4 is 5.97 Å². The molecule has 1 N–H and O–H groups in total. The molecule has 0 bridgehead atoms. The lowest BCUT2D eigenvalue weighted by atomic mass is 10.0. The Kier molecular flexibility index (Phi) is 2.37. The molecule has 1 atom stereocenters. The van der Waals surface area contributed by atoms with Crippen LogP contribution < -0.4 is 0 Å². The number of alkyl halides is 1. The van der Waals surface area contributed by atoms with Gasteiger partial charge in [-0.2, -0.15) is 0 Å². The number of aliphatic carboxylic acids is 1. The zero-order valence-corrected chi connectivity index (χ0v) is 5.22. The second-order valence-corrected chi connectivity index (χ2v) is 1.73. The van der Waals surface area contributed by atoms with Gasteiger partial charge in [0.05, 0.1) is 0 Å². The molecule has 0 radical (unpaired) electrons. The van der Waals surface area contributed by atoms with E-state index >= 15 is 0 Å². The van der Waals surface area contributed by atoms with Crippen molar-refractivity contribution < 1.29 is 14.3 Å². The molecule has 0 aromatic carbocycles. The SMILES string of the molecule is C=CC(F)(CC)C(=O)O. The van der Waals surface area contributed by atoms with Gasteiger partial charge in [0, 0.05) is 0 Å². The maximum Gasteiger partial charge on any atom is 0.345 e. The van der Waals surface area contributed by atoms with E-state index in [1.165, 1.54) is 6.92 Å². The molecule has 0 fully saturated rings. The van der Waals surface area contributed by atoms with Crippen LogP contribution in [-0.4, -0.2) is 16.7 Å². The van der Waals surface area contributed by atoms with E-state index in [1.807, 2.05) is 0 Å². The third-order valence-electron chi connectivity index (χ3n) is 1.19. The maximum atomic E-state index is 12.7. The Balaban J connectivity index is 4.27. The van der Waals surface area contributed by atoms with Crippen LogP contribution in [0, 0.1) is 0 Å². The lowest BCUT2D eigenvalue weighted by molar-refractivity contribution is -0.147. The lowest BCUT2D eigenvalue weighted by Crippen LogP contribution is -2.29. The second-order valence-electron chi connectivity index (χ2n) is 1.73. The van der Waals surface area contributed by atoms with Crippen LogP contribution in [0.1, 0.15) is 13.3 Å². The number of rotatable bonds is 3. The van der Waals surface area contributed by atoms with Crippen LogP contribution in [0.2, 0.25) is 0 Å². The highest BCUT2D eigenvalue weighted by Gasteiger charge is 2.32. The molecule has 0 rings (SSSR count). The summed E-state index contributed by atoms with van der Waals surface area (Å²) in [4.78, 5) is 10.0. The van der Waals surface area contributed by atoms with Crippen LogP contribution in [-0.2, 0) is 4.79 Å². The first-order valence-electron chi connectivity index (χ1n) is 2.62. The van der Waals surface area contributed by atoms with Crippen LogP contribution in [0.25, 0.3) is 0 Å². The first-order chi connectivity index (χ1) is 4.06. The van der Waals surface area contributed by atoms with E-state index in [2.05, 4.69) is 6.58 Å². The third kappa shape index (κ3) is 1.52. The molecule has 9 heavy (non-hydrogen) atoms. The van der Waals surface area contributed by atoms with Crippen LogP contribution in [0.15, 0.2) is 12.7 Å². The zero-order chi connectivity index (χ0) is 7.49. The molecule has 1 unspecified atom stereocenters. The molecule has 52 valence electrons. The van der Waals surface area contributed by atoms with Gasteiger partial charge in [-0.1, -0.05) is 13.5 Å². The van der Waals surface area contributed by atoms with Gasteiger partial charge in [-0.25, -0.2) is 9.18 Å². The zero-order valence-electron chi connectivity index (χ0n) is 5.22. The molecule has 0 aliphatic rings. The molecule has 0 aliphatic heterocycles. The molecule has 0 aromatic heterocycles. The number of hydrogen-bond donors (Lipinski definition) is 1. The Hall–Kier alpha value is -0.860. The Morgan fingerprint density at radius 1 is 2.00 bits per heavy atom. The van der Waals surface area contributed by atoms with Gasteiger partial charge >= 0.3 is 5.97 Å². The van der Waals surface area contributed by atoms with Crippen molar-refractivity contribution in [2.45, 2.75) is 19.0 Å². The van der Waals surface area contributed by atoms with Crippen LogP contribution in [0.4, 0.5) is 4.39 Å². The van der Waals surface area contributed by atoms with Crippen molar-refractivity contribution in [3.05, 3.63) is 12.7 Å². The predicted molar refractivity (Wildman–Crippen MR) is 32.0 cm³/mol. The molecule has 0 spiro atoms. The molecule has 0 heterocycles. The van der Waals surface area contributed by atoms with Gasteiger partial charge in [-0.05, 0) is 12.5 Å². The summed E-state index contributed by atoms with van der Waals surface area (Å²) in [6, 6.07) is 0. The number of carboxylic acids is 1. The number of carbonyl (C=O) groups is 1. The maximum absolute atomic E-state index is 12.7. The van der Waals surface area contributed by atoms with Crippen LogP contribution >= 0.6 is 0 Å². The molecule has 0 aliphatic carbocycles. The molecule has 0 amide bonds. The Bertz CT molecular complexity index is 133. The standard InChI is InChI=1S/C6H9FO2/c1-3-6(7,4-2)5(8)9/h3H,1,4H2,2H3,(H,8,9). The molecular formula is C6H9FO2.